The number of amides is 1. The van der Waals surface area contributed by atoms with Crippen molar-refractivity contribution in [2.75, 3.05) is 33.2 Å². The second-order valence-corrected chi connectivity index (χ2v) is 7.10. The highest BCUT2D eigenvalue weighted by atomic mass is 19.1. The molecule has 0 bridgehead atoms. The van der Waals surface area contributed by atoms with Crippen molar-refractivity contribution in [1.29, 1.82) is 0 Å². The van der Waals surface area contributed by atoms with Gasteiger partial charge < -0.3 is 21.3 Å². The van der Waals surface area contributed by atoms with Crippen LogP contribution in [-0.4, -0.2) is 56.0 Å². The maximum Gasteiger partial charge on any atom is 0.222 e. The number of carbonyl (C=O) groups excluding carboxylic acids is 1. The number of carbonyl (C=O) groups is 1. The summed E-state index contributed by atoms with van der Waals surface area (Å²) in [5, 5.41) is 6.55. The number of rotatable bonds is 12. The van der Waals surface area contributed by atoms with Crippen molar-refractivity contribution in [2.45, 2.75) is 46.1 Å². The second kappa shape index (κ2) is 13.1. The highest BCUT2D eigenvalue weighted by molar-refractivity contribution is 5.82. The molecule has 0 aliphatic heterocycles. The fourth-order valence-corrected chi connectivity index (χ4v) is 3.06. The van der Waals surface area contributed by atoms with Crippen LogP contribution in [0.5, 0.6) is 0 Å². The van der Waals surface area contributed by atoms with E-state index in [1.54, 1.807) is 19.2 Å². The van der Waals surface area contributed by atoms with Gasteiger partial charge in [-0.25, -0.2) is 4.39 Å². The average molecular weight is 394 g/mol. The number of halogens is 1. The van der Waals surface area contributed by atoms with Gasteiger partial charge in [-0.3, -0.25) is 9.79 Å². The van der Waals surface area contributed by atoms with Crippen LogP contribution in [0.15, 0.2) is 29.3 Å². The van der Waals surface area contributed by atoms with Gasteiger partial charge in [-0.15, -0.1) is 0 Å². The van der Waals surface area contributed by atoms with E-state index in [0.717, 1.165) is 38.0 Å². The van der Waals surface area contributed by atoms with Crippen LogP contribution in [0.25, 0.3) is 0 Å². The lowest BCUT2D eigenvalue weighted by Crippen LogP contribution is -2.46. The van der Waals surface area contributed by atoms with Crippen LogP contribution >= 0.6 is 0 Å². The molecular weight excluding hydrogens is 357 g/mol. The Kier molecular flexibility index (Phi) is 11.2. The van der Waals surface area contributed by atoms with E-state index in [2.05, 4.69) is 41.3 Å². The van der Waals surface area contributed by atoms with Crippen molar-refractivity contribution >= 4 is 11.9 Å². The van der Waals surface area contributed by atoms with Crippen molar-refractivity contribution in [2.24, 2.45) is 16.6 Å². The number of nitrogens with zero attached hydrogens (tertiary/aromatic N) is 2. The average Bonchev–Trinajstić information content (AvgIpc) is 2.68. The van der Waals surface area contributed by atoms with Crippen LogP contribution in [0.3, 0.4) is 0 Å². The van der Waals surface area contributed by atoms with E-state index in [4.69, 9.17) is 5.73 Å². The number of hydrogen-bond acceptors (Lipinski definition) is 3. The first-order valence-electron chi connectivity index (χ1n) is 10.1. The van der Waals surface area contributed by atoms with Gasteiger partial charge in [-0.2, -0.15) is 0 Å². The van der Waals surface area contributed by atoms with Crippen LogP contribution in [-0.2, 0) is 11.2 Å². The minimum absolute atomic E-state index is 0.269. The number of guanidine groups is 1. The minimum Gasteiger partial charge on any atom is -0.369 e. The van der Waals surface area contributed by atoms with Gasteiger partial charge in [-0.05, 0) is 63.5 Å². The lowest BCUT2D eigenvalue weighted by molar-refractivity contribution is -0.121. The number of nitrogens with one attached hydrogen (secondary N) is 2. The van der Waals surface area contributed by atoms with Crippen molar-refractivity contribution in [3.05, 3.63) is 35.6 Å². The monoisotopic (exact) mass is 393 g/mol. The van der Waals surface area contributed by atoms with Crippen molar-refractivity contribution in [1.82, 2.24) is 15.5 Å². The lowest BCUT2D eigenvalue weighted by atomic mass is 9.98. The zero-order valence-electron chi connectivity index (χ0n) is 17.7. The second-order valence-electron chi connectivity index (χ2n) is 7.10. The Labute approximate surface area is 168 Å². The summed E-state index contributed by atoms with van der Waals surface area (Å²) in [5.74, 6) is -0.431. The van der Waals surface area contributed by atoms with Crippen LogP contribution in [0.4, 0.5) is 4.39 Å². The summed E-state index contributed by atoms with van der Waals surface area (Å²) in [5.41, 5.74) is 6.42. The van der Waals surface area contributed by atoms with Crippen molar-refractivity contribution in [3.63, 3.8) is 0 Å². The van der Waals surface area contributed by atoms with Gasteiger partial charge in [0.05, 0.1) is 5.92 Å². The number of primary amides is 1. The molecule has 1 aromatic carbocycles. The molecular formula is C21H36FN5O. The molecule has 0 fully saturated rings. The van der Waals surface area contributed by atoms with E-state index in [1.165, 1.54) is 12.1 Å². The number of benzene rings is 1. The molecule has 0 saturated heterocycles. The molecule has 28 heavy (non-hydrogen) atoms. The van der Waals surface area contributed by atoms with E-state index in [-0.39, 0.29) is 17.8 Å². The third-order valence-electron chi connectivity index (χ3n) is 4.93. The van der Waals surface area contributed by atoms with Gasteiger partial charge in [0, 0.05) is 19.6 Å². The minimum atomic E-state index is -0.401. The molecule has 0 saturated carbocycles. The Balaban J connectivity index is 2.46. The Bertz CT molecular complexity index is 601. The van der Waals surface area contributed by atoms with Gasteiger partial charge in [0.25, 0.3) is 0 Å². The van der Waals surface area contributed by atoms with Gasteiger partial charge >= 0.3 is 0 Å². The quantitative estimate of drug-likeness (QED) is 0.375. The largest absolute Gasteiger partial charge is 0.369 e. The Morgan fingerprint density at radius 3 is 2.43 bits per heavy atom. The summed E-state index contributed by atoms with van der Waals surface area (Å²) in [6.07, 6.45) is 2.60. The number of hydrogen-bond donors (Lipinski definition) is 3. The summed E-state index contributed by atoms with van der Waals surface area (Å²) in [6, 6.07) is 6.40. The van der Waals surface area contributed by atoms with Crippen molar-refractivity contribution < 1.29 is 9.18 Å². The van der Waals surface area contributed by atoms with E-state index in [9.17, 15) is 9.18 Å². The maximum atomic E-state index is 13.0. The molecule has 0 radical (unpaired) electrons. The summed E-state index contributed by atoms with van der Waals surface area (Å²) in [7, 11) is 1.71. The van der Waals surface area contributed by atoms with Crippen molar-refractivity contribution in [3.8, 4) is 0 Å². The molecule has 1 rings (SSSR count). The highest BCUT2D eigenvalue weighted by Gasteiger charge is 2.17. The van der Waals surface area contributed by atoms with Gasteiger partial charge in [-0.1, -0.05) is 26.0 Å². The first kappa shape index (κ1) is 23.9. The molecule has 158 valence electrons. The Morgan fingerprint density at radius 1 is 1.25 bits per heavy atom. The van der Waals surface area contributed by atoms with Crippen LogP contribution in [0.2, 0.25) is 0 Å². The van der Waals surface area contributed by atoms with Gasteiger partial charge in [0.2, 0.25) is 5.91 Å². The normalized spacial score (nSPS) is 14.0. The van der Waals surface area contributed by atoms with E-state index < -0.39 is 5.92 Å². The SMILES string of the molecule is CCN(CC)CCCC(C)NC(=NC)NCC(Cc1ccc(F)cc1)C(N)=O. The van der Waals surface area contributed by atoms with Crippen LogP contribution < -0.4 is 16.4 Å². The van der Waals surface area contributed by atoms with E-state index in [0.29, 0.717) is 18.9 Å². The zero-order chi connectivity index (χ0) is 20.9. The fourth-order valence-electron chi connectivity index (χ4n) is 3.06. The highest BCUT2D eigenvalue weighted by Crippen LogP contribution is 2.09. The Hall–Kier alpha value is -2.15. The van der Waals surface area contributed by atoms with Crippen LogP contribution in [0.1, 0.15) is 39.2 Å². The smallest absolute Gasteiger partial charge is 0.222 e. The molecule has 0 aromatic heterocycles. The molecule has 2 atom stereocenters. The predicted molar refractivity (Wildman–Crippen MR) is 114 cm³/mol. The molecule has 0 spiro atoms. The topological polar surface area (TPSA) is 82.8 Å². The fraction of sp³-hybridized carbons (Fsp3) is 0.619. The lowest BCUT2D eigenvalue weighted by Gasteiger charge is -2.22. The molecule has 4 N–H and O–H groups in total. The standard InChI is InChI=1S/C21H36FN5O/c1-5-27(6-2)13-7-8-16(3)26-21(24-4)25-15-18(20(23)28)14-17-9-11-19(22)12-10-17/h9-12,16,18H,5-8,13-15H2,1-4H3,(H2,23,28)(H2,24,25,26). The van der Waals surface area contributed by atoms with Gasteiger partial charge in [0.1, 0.15) is 5.82 Å². The molecule has 7 heteroatoms. The summed E-state index contributed by atoms with van der Waals surface area (Å²) in [4.78, 5) is 18.4. The van der Waals surface area contributed by atoms with E-state index in [1.807, 2.05) is 0 Å². The first-order chi connectivity index (χ1) is 13.4. The maximum absolute atomic E-state index is 13.0. The van der Waals surface area contributed by atoms with Crippen LogP contribution in [0, 0.1) is 11.7 Å². The number of aliphatic imine (C=N–C) groups is 1. The van der Waals surface area contributed by atoms with E-state index >= 15 is 0 Å². The van der Waals surface area contributed by atoms with Gasteiger partial charge in [0.15, 0.2) is 5.96 Å². The summed E-state index contributed by atoms with van der Waals surface area (Å²) >= 11 is 0. The molecule has 1 amide bonds. The molecule has 0 heterocycles. The predicted octanol–water partition coefficient (Wildman–Crippen LogP) is 2.15. The first-order valence-corrected chi connectivity index (χ1v) is 10.1. The third-order valence-corrected chi connectivity index (χ3v) is 4.93. The molecule has 0 aliphatic carbocycles. The molecule has 6 nitrogen and oxygen atoms in total. The summed E-state index contributed by atoms with van der Waals surface area (Å²) < 4.78 is 13.0. The zero-order valence-corrected chi connectivity index (χ0v) is 17.7. The molecule has 0 aliphatic rings. The summed E-state index contributed by atoms with van der Waals surface area (Å²) in [6.45, 7) is 10.1. The Morgan fingerprint density at radius 2 is 1.89 bits per heavy atom. The third kappa shape index (κ3) is 9.17. The molecule has 1 aromatic rings. The number of nitrogens with two attached hydrogens (primary N) is 1. The molecule has 2 unspecified atom stereocenters.